The van der Waals surface area contributed by atoms with E-state index in [1.807, 2.05) is 43.3 Å². The number of fused-ring (bicyclic) bond motifs is 1. The van der Waals surface area contributed by atoms with Gasteiger partial charge < -0.3 is 15.4 Å². The molecule has 0 atom stereocenters. The molecule has 3 heterocycles. The molecule has 0 spiro atoms. The summed E-state index contributed by atoms with van der Waals surface area (Å²) in [5, 5.41) is 7.23. The number of aryl methyl sites for hydroxylation is 1. The number of hydrogen-bond acceptors (Lipinski definition) is 7. The van der Waals surface area contributed by atoms with Gasteiger partial charge in [0, 0.05) is 12.7 Å². The highest BCUT2D eigenvalue weighted by Gasteiger charge is 2.19. The van der Waals surface area contributed by atoms with Gasteiger partial charge in [-0.25, -0.2) is 9.97 Å². The van der Waals surface area contributed by atoms with Crippen LogP contribution in [-0.4, -0.2) is 34.5 Å². The van der Waals surface area contributed by atoms with Gasteiger partial charge in [0.25, 0.3) is 5.91 Å². The monoisotopic (exact) mass is 433 g/mol. The fraction of sp³-hybridized carbons (Fsp3) is 0.217. The first-order valence-electron chi connectivity index (χ1n) is 9.94. The van der Waals surface area contributed by atoms with E-state index in [1.165, 1.54) is 23.2 Å². The lowest BCUT2D eigenvalue weighted by Gasteiger charge is -2.08. The first-order chi connectivity index (χ1) is 15.2. The van der Waals surface area contributed by atoms with Crippen LogP contribution in [0.1, 0.15) is 26.5 Å². The van der Waals surface area contributed by atoms with Crippen LogP contribution in [0.2, 0.25) is 0 Å². The van der Waals surface area contributed by atoms with Crippen LogP contribution in [-0.2, 0) is 13.0 Å². The minimum absolute atomic E-state index is 0.131. The molecule has 1 amide bonds. The summed E-state index contributed by atoms with van der Waals surface area (Å²) in [6, 6.07) is 13.6. The second-order valence-electron chi connectivity index (χ2n) is 6.99. The standard InChI is InChI=1S/C23H23N5O2S/c1-15-19-21(25-11-9-16-6-5-8-18(12-16)30-2)27-14-28-23(19)31-20(15)22(29)26-13-17-7-3-4-10-24-17/h3-8,10,12,14H,9,11,13H2,1-2H3,(H,26,29)(H,25,27,28). The summed E-state index contributed by atoms with van der Waals surface area (Å²) in [6.07, 6.45) is 4.07. The Bertz CT molecular complexity index is 1190. The molecule has 0 unspecified atom stereocenters. The molecule has 0 saturated heterocycles. The van der Waals surface area contributed by atoms with E-state index in [0.717, 1.165) is 39.5 Å². The molecule has 3 aromatic heterocycles. The summed E-state index contributed by atoms with van der Waals surface area (Å²) in [7, 11) is 1.67. The van der Waals surface area contributed by atoms with Gasteiger partial charge in [-0.05, 0) is 48.7 Å². The molecule has 4 aromatic rings. The van der Waals surface area contributed by atoms with Gasteiger partial charge in [-0.2, -0.15) is 0 Å². The molecule has 1 aromatic carbocycles. The number of aromatic nitrogens is 3. The van der Waals surface area contributed by atoms with E-state index in [4.69, 9.17) is 4.74 Å². The van der Waals surface area contributed by atoms with E-state index < -0.39 is 0 Å². The molecule has 0 fully saturated rings. The van der Waals surface area contributed by atoms with Crippen LogP contribution in [0, 0.1) is 6.92 Å². The Labute approximate surface area is 184 Å². The zero-order valence-electron chi connectivity index (χ0n) is 17.4. The lowest BCUT2D eigenvalue weighted by molar-refractivity contribution is 0.0954. The van der Waals surface area contributed by atoms with Crippen molar-refractivity contribution in [2.24, 2.45) is 0 Å². The minimum Gasteiger partial charge on any atom is -0.497 e. The number of pyridine rings is 1. The highest BCUT2D eigenvalue weighted by Crippen LogP contribution is 2.33. The number of carbonyl (C=O) groups excluding carboxylic acids is 1. The molecule has 0 saturated carbocycles. The van der Waals surface area contributed by atoms with Crippen molar-refractivity contribution in [1.29, 1.82) is 0 Å². The van der Waals surface area contributed by atoms with Crippen molar-refractivity contribution in [3.8, 4) is 5.75 Å². The SMILES string of the molecule is COc1cccc(CCNc2ncnc3sc(C(=O)NCc4ccccn4)c(C)c23)c1. The average molecular weight is 434 g/mol. The van der Waals surface area contributed by atoms with Crippen molar-refractivity contribution in [3.63, 3.8) is 0 Å². The number of nitrogens with zero attached hydrogens (tertiary/aromatic N) is 3. The van der Waals surface area contributed by atoms with Crippen LogP contribution in [0.5, 0.6) is 5.75 Å². The predicted octanol–water partition coefficient (Wildman–Crippen LogP) is 3.99. The van der Waals surface area contributed by atoms with Gasteiger partial charge in [-0.15, -0.1) is 11.3 Å². The molecule has 8 heteroatoms. The van der Waals surface area contributed by atoms with Crippen molar-refractivity contribution >= 4 is 33.3 Å². The largest absolute Gasteiger partial charge is 0.497 e. The predicted molar refractivity (Wildman–Crippen MR) is 123 cm³/mol. The molecular formula is C23H23N5O2S. The van der Waals surface area contributed by atoms with E-state index >= 15 is 0 Å². The molecule has 0 aliphatic carbocycles. The number of amides is 1. The zero-order chi connectivity index (χ0) is 21.6. The lowest BCUT2D eigenvalue weighted by atomic mass is 10.1. The van der Waals surface area contributed by atoms with Crippen LogP contribution in [0.15, 0.2) is 55.0 Å². The third-order valence-corrected chi connectivity index (χ3v) is 6.13. The number of anilines is 1. The summed E-state index contributed by atoms with van der Waals surface area (Å²) in [5.74, 6) is 1.45. The zero-order valence-corrected chi connectivity index (χ0v) is 18.2. The second-order valence-corrected chi connectivity index (χ2v) is 7.99. The van der Waals surface area contributed by atoms with Gasteiger partial charge >= 0.3 is 0 Å². The van der Waals surface area contributed by atoms with Gasteiger partial charge in [-0.1, -0.05) is 18.2 Å². The number of carbonyl (C=O) groups is 1. The normalized spacial score (nSPS) is 10.8. The second kappa shape index (κ2) is 9.53. The van der Waals surface area contributed by atoms with Gasteiger partial charge in [0.15, 0.2) is 0 Å². The van der Waals surface area contributed by atoms with E-state index in [9.17, 15) is 4.79 Å². The first-order valence-corrected chi connectivity index (χ1v) is 10.8. The number of hydrogen-bond donors (Lipinski definition) is 2. The fourth-order valence-corrected chi connectivity index (χ4v) is 4.39. The highest BCUT2D eigenvalue weighted by molar-refractivity contribution is 7.20. The molecular weight excluding hydrogens is 410 g/mol. The maximum absolute atomic E-state index is 12.8. The van der Waals surface area contributed by atoms with Crippen molar-refractivity contribution < 1.29 is 9.53 Å². The van der Waals surface area contributed by atoms with Crippen molar-refractivity contribution in [2.75, 3.05) is 19.0 Å². The third-order valence-electron chi connectivity index (χ3n) is 4.93. The molecule has 0 aliphatic rings. The molecule has 158 valence electrons. The molecule has 0 aliphatic heterocycles. The minimum atomic E-state index is -0.131. The highest BCUT2D eigenvalue weighted by atomic mass is 32.1. The number of rotatable bonds is 8. The average Bonchev–Trinajstić information content (AvgIpc) is 3.15. The van der Waals surface area contributed by atoms with E-state index in [2.05, 4.69) is 31.7 Å². The molecule has 0 bridgehead atoms. The van der Waals surface area contributed by atoms with Crippen LogP contribution in [0.3, 0.4) is 0 Å². The number of ether oxygens (including phenoxy) is 1. The van der Waals surface area contributed by atoms with E-state index in [-0.39, 0.29) is 5.91 Å². The van der Waals surface area contributed by atoms with Gasteiger partial charge in [0.2, 0.25) is 0 Å². The summed E-state index contributed by atoms with van der Waals surface area (Å²) >= 11 is 1.38. The number of thiophene rings is 1. The Balaban J connectivity index is 1.47. The third kappa shape index (κ3) is 4.80. The molecule has 7 nitrogen and oxygen atoms in total. The van der Waals surface area contributed by atoms with Crippen LogP contribution >= 0.6 is 11.3 Å². The van der Waals surface area contributed by atoms with E-state index in [1.54, 1.807) is 13.3 Å². The van der Waals surface area contributed by atoms with Gasteiger partial charge in [-0.3, -0.25) is 9.78 Å². The number of methoxy groups -OCH3 is 1. The molecule has 31 heavy (non-hydrogen) atoms. The van der Waals surface area contributed by atoms with Crippen LogP contribution in [0.4, 0.5) is 5.82 Å². The Morgan fingerprint density at radius 2 is 2.03 bits per heavy atom. The van der Waals surface area contributed by atoms with Crippen molar-refractivity contribution in [3.05, 3.63) is 76.7 Å². The topological polar surface area (TPSA) is 89.0 Å². The fourth-order valence-electron chi connectivity index (χ4n) is 3.33. The van der Waals surface area contributed by atoms with Crippen molar-refractivity contribution in [2.45, 2.75) is 19.9 Å². The maximum atomic E-state index is 12.8. The summed E-state index contributed by atoms with van der Waals surface area (Å²) in [6.45, 7) is 3.02. The number of nitrogens with one attached hydrogen (secondary N) is 2. The summed E-state index contributed by atoms with van der Waals surface area (Å²) in [4.78, 5) is 27.2. The van der Waals surface area contributed by atoms with Crippen LogP contribution in [0.25, 0.3) is 10.2 Å². The summed E-state index contributed by atoms with van der Waals surface area (Å²) < 4.78 is 5.28. The molecule has 2 N–H and O–H groups in total. The number of benzene rings is 1. The smallest absolute Gasteiger partial charge is 0.262 e. The molecule has 4 rings (SSSR count). The lowest BCUT2D eigenvalue weighted by Crippen LogP contribution is -2.22. The van der Waals surface area contributed by atoms with Gasteiger partial charge in [0.1, 0.15) is 22.7 Å². The Hall–Kier alpha value is -3.52. The quantitative estimate of drug-likeness (QED) is 0.437. The summed E-state index contributed by atoms with van der Waals surface area (Å²) in [5.41, 5.74) is 2.87. The van der Waals surface area contributed by atoms with Crippen LogP contribution < -0.4 is 15.4 Å². The van der Waals surface area contributed by atoms with Gasteiger partial charge in [0.05, 0.1) is 29.6 Å². The first kappa shape index (κ1) is 20.7. The maximum Gasteiger partial charge on any atom is 0.262 e. The Morgan fingerprint density at radius 3 is 2.84 bits per heavy atom. The Morgan fingerprint density at radius 1 is 1.13 bits per heavy atom. The van der Waals surface area contributed by atoms with E-state index in [0.29, 0.717) is 18.0 Å². The molecule has 0 radical (unpaired) electrons. The van der Waals surface area contributed by atoms with Crippen molar-refractivity contribution in [1.82, 2.24) is 20.3 Å². The Kier molecular flexibility index (Phi) is 6.37.